The molecular formula is C18H22BrNS. The minimum atomic E-state index is 0.388. The molecule has 2 aromatic rings. The zero-order chi connectivity index (χ0) is 15.0. The Morgan fingerprint density at radius 2 is 2.10 bits per heavy atom. The smallest absolute Gasteiger partial charge is 0.0704 e. The summed E-state index contributed by atoms with van der Waals surface area (Å²) in [6.07, 6.45) is 3.77. The van der Waals surface area contributed by atoms with Gasteiger partial charge in [-0.2, -0.15) is 0 Å². The van der Waals surface area contributed by atoms with Gasteiger partial charge in [-0.25, -0.2) is 0 Å². The SMILES string of the molecule is Cc1ccc(C)c(C(C)NC2CCCc3sc(Br)cc32)c1. The molecule has 1 aromatic heterocycles. The molecule has 1 aliphatic carbocycles. The van der Waals surface area contributed by atoms with Gasteiger partial charge in [0.2, 0.25) is 0 Å². The molecule has 0 fully saturated rings. The lowest BCUT2D eigenvalue weighted by atomic mass is 9.92. The lowest BCUT2D eigenvalue weighted by molar-refractivity contribution is 0.417. The number of halogens is 1. The third kappa shape index (κ3) is 3.25. The van der Waals surface area contributed by atoms with Gasteiger partial charge >= 0.3 is 0 Å². The van der Waals surface area contributed by atoms with E-state index in [1.165, 1.54) is 45.3 Å². The first-order chi connectivity index (χ1) is 10.0. The first kappa shape index (κ1) is 15.3. The number of aryl methyl sites for hydroxylation is 3. The summed E-state index contributed by atoms with van der Waals surface area (Å²) in [7, 11) is 0. The average molecular weight is 364 g/mol. The van der Waals surface area contributed by atoms with Gasteiger partial charge in [0, 0.05) is 17.0 Å². The largest absolute Gasteiger partial charge is 0.303 e. The Morgan fingerprint density at radius 3 is 2.90 bits per heavy atom. The van der Waals surface area contributed by atoms with Gasteiger partial charge in [-0.3, -0.25) is 0 Å². The fourth-order valence-corrected chi connectivity index (χ4v) is 5.13. The average Bonchev–Trinajstić information content (AvgIpc) is 2.83. The number of hydrogen-bond donors (Lipinski definition) is 1. The minimum absolute atomic E-state index is 0.388. The lowest BCUT2D eigenvalue weighted by Gasteiger charge is -2.28. The molecule has 1 nitrogen and oxygen atoms in total. The van der Waals surface area contributed by atoms with Crippen LogP contribution in [0.3, 0.4) is 0 Å². The van der Waals surface area contributed by atoms with Crippen molar-refractivity contribution in [1.82, 2.24) is 5.32 Å². The van der Waals surface area contributed by atoms with Crippen LogP contribution in [0.15, 0.2) is 28.1 Å². The summed E-state index contributed by atoms with van der Waals surface area (Å²) in [5.74, 6) is 0. The molecular weight excluding hydrogens is 342 g/mol. The summed E-state index contributed by atoms with van der Waals surface area (Å²) in [6, 6.07) is 9.94. The van der Waals surface area contributed by atoms with Crippen LogP contribution >= 0.6 is 27.3 Å². The predicted octanol–water partition coefficient (Wildman–Crippen LogP) is 5.86. The van der Waals surface area contributed by atoms with Gasteiger partial charge in [-0.1, -0.05) is 23.8 Å². The Balaban J connectivity index is 1.82. The molecule has 3 rings (SSSR count). The maximum Gasteiger partial charge on any atom is 0.0704 e. The van der Waals surface area contributed by atoms with Crippen LogP contribution in [-0.2, 0) is 6.42 Å². The molecule has 1 aromatic carbocycles. The van der Waals surface area contributed by atoms with E-state index >= 15 is 0 Å². The van der Waals surface area contributed by atoms with Crippen LogP contribution in [0, 0.1) is 13.8 Å². The van der Waals surface area contributed by atoms with Gasteiger partial charge in [0.1, 0.15) is 0 Å². The highest BCUT2D eigenvalue weighted by molar-refractivity contribution is 9.11. The number of hydrogen-bond acceptors (Lipinski definition) is 2. The predicted molar refractivity (Wildman–Crippen MR) is 95.2 cm³/mol. The van der Waals surface area contributed by atoms with Gasteiger partial charge < -0.3 is 5.32 Å². The number of thiophene rings is 1. The second kappa shape index (κ2) is 6.23. The van der Waals surface area contributed by atoms with Crippen LogP contribution in [0.2, 0.25) is 0 Å². The lowest BCUT2D eigenvalue weighted by Crippen LogP contribution is -2.27. The van der Waals surface area contributed by atoms with Crippen molar-refractivity contribution in [2.75, 3.05) is 0 Å². The molecule has 21 heavy (non-hydrogen) atoms. The maximum absolute atomic E-state index is 3.86. The molecule has 112 valence electrons. The molecule has 1 N–H and O–H groups in total. The van der Waals surface area contributed by atoms with E-state index in [0.717, 1.165) is 0 Å². The Morgan fingerprint density at radius 1 is 1.29 bits per heavy atom. The van der Waals surface area contributed by atoms with E-state index in [9.17, 15) is 0 Å². The summed E-state index contributed by atoms with van der Waals surface area (Å²) < 4.78 is 1.26. The van der Waals surface area contributed by atoms with Gasteiger partial charge in [-0.15, -0.1) is 11.3 Å². The van der Waals surface area contributed by atoms with Crippen LogP contribution in [0.1, 0.15) is 59.0 Å². The molecule has 3 heteroatoms. The standard InChI is InChI=1S/C18H22BrNS/c1-11-7-8-12(2)14(9-11)13(3)20-16-5-4-6-17-15(16)10-18(19)21-17/h7-10,13,16,20H,4-6H2,1-3H3. The fraction of sp³-hybridized carbons (Fsp3) is 0.444. The van der Waals surface area contributed by atoms with Crippen molar-refractivity contribution in [2.45, 2.75) is 52.1 Å². The number of nitrogens with one attached hydrogen (secondary N) is 1. The molecule has 2 atom stereocenters. The summed E-state index contributed by atoms with van der Waals surface area (Å²) in [5.41, 5.74) is 5.65. The molecule has 0 saturated heterocycles. The van der Waals surface area contributed by atoms with Crippen molar-refractivity contribution in [2.24, 2.45) is 0 Å². The van der Waals surface area contributed by atoms with Crippen molar-refractivity contribution >= 4 is 27.3 Å². The van der Waals surface area contributed by atoms with Gasteiger partial charge in [-0.05, 0) is 78.7 Å². The second-order valence-electron chi connectivity index (χ2n) is 6.12. The Hall–Kier alpha value is -0.640. The van der Waals surface area contributed by atoms with E-state index in [0.29, 0.717) is 12.1 Å². The van der Waals surface area contributed by atoms with Crippen LogP contribution in [0.25, 0.3) is 0 Å². The molecule has 0 spiro atoms. The van der Waals surface area contributed by atoms with Crippen LogP contribution in [0.5, 0.6) is 0 Å². The first-order valence-corrected chi connectivity index (χ1v) is 9.27. The van der Waals surface area contributed by atoms with Crippen molar-refractivity contribution in [3.05, 3.63) is 55.2 Å². The minimum Gasteiger partial charge on any atom is -0.303 e. The maximum atomic E-state index is 3.86. The molecule has 2 unspecified atom stereocenters. The van der Waals surface area contributed by atoms with Crippen molar-refractivity contribution in [3.8, 4) is 0 Å². The molecule has 0 radical (unpaired) electrons. The molecule has 0 saturated carbocycles. The normalized spacial score (nSPS) is 19.3. The van der Waals surface area contributed by atoms with Crippen LogP contribution in [0.4, 0.5) is 0 Å². The monoisotopic (exact) mass is 363 g/mol. The molecule has 1 aliphatic rings. The van der Waals surface area contributed by atoms with Gasteiger partial charge in [0.25, 0.3) is 0 Å². The first-order valence-electron chi connectivity index (χ1n) is 7.66. The number of benzene rings is 1. The van der Waals surface area contributed by atoms with Crippen LogP contribution < -0.4 is 5.32 Å². The Kier molecular flexibility index (Phi) is 4.53. The van der Waals surface area contributed by atoms with E-state index in [2.05, 4.69) is 66.3 Å². The zero-order valence-electron chi connectivity index (χ0n) is 12.9. The number of fused-ring (bicyclic) bond motifs is 1. The van der Waals surface area contributed by atoms with Crippen molar-refractivity contribution in [3.63, 3.8) is 0 Å². The molecule has 0 amide bonds. The zero-order valence-corrected chi connectivity index (χ0v) is 15.3. The fourth-order valence-electron chi connectivity index (χ4n) is 3.31. The van der Waals surface area contributed by atoms with E-state index in [4.69, 9.17) is 0 Å². The quantitative estimate of drug-likeness (QED) is 0.720. The summed E-state index contributed by atoms with van der Waals surface area (Å²) >= 11 is 5.54. The Bertz CT molecular complexity index is 647. The highest BCUT2D eigenvalue weighted by atomic mass is 79.9. The summed E-state index contributed by atoms with van der Waals surface area (Å²) in [6.45, 7) is 6.67. The van der Waals surface area contributed by atoms with E-state index in [1.807, 2.05) is 11.3 Å². The van der Waals surface area contributed by atoms with Gasteiger partial charge in [0.15, 0.2) is 0 Å². The highest BCUT2D eigenvalue weighted by Gasteiger charge is 2.24. The second-order valence-corrected chi connectivity index (χ2v) is 8.64. The van der Waals surface area contributed by atoms with E-state index in [-0.39, 0.29) is 0 Å². The molecule has 1 heterocycles. The third-order valence-corrected chi connectivity index (χ3v) is 6.15. The molecule has 0 bridgehead atoms. The van der Waals surface area contributed by atoms with Crippen molar-refractivity contribution in [1.29, 1.82) is 0 Å². The molecule has 0 aliphatic heterocycles. The topological polar surface area (TPSA) is 12.0 Å². The summed E-state index contributed by atoms with van der Waals surface area (Å²) in [4.78, 5) is 1.55. The van der Waals surface area contributed by atoms with Gasteiger partial charge in [0.05, 0.1) is 3.79 Å². The van der Waals surface area contributed by atoms with Crippen molar-refractivity contribution < 1.29 is 0 Å². The third-order valence-electron chi connectivity index (χ3n) is 4.44. The number of rotatable bonds is 3. The van der Waals surface area contributed by atoms with E-state index in [1.54, 1.807) is 4.88 Å². The Labute approximate surface area is 139 Å². The summed E-state index contributed by atoms with van der Waals surface area (Å²) in [5, 5.41) is 3.86. The van der Waals surface area contributed by atoms with E-state index < -0.39 is 0 Å². The van der Waals surface area contributed by atoms with Crippen LogP contribution in [-0.4, -0.2) is 0 Å². The highest BCUT2D eigenvalue weighted by Crippen LogP contribution is 2.39.